The number of fused-ring (bicyclic) bond motifs is 3. The summed E-state index contributed by atoms with van der Waals surface area (Å²) < 4.78 is 0.958. The van der Waals surface area contributed by atoms with Gasteiger partial charge in [-0.05, 0) is 44.2 Å². The van der Waals surface area contributed by atoms with Gasteiger partial charge in [-0.1, -0.05) is 43.7 Å². The number of amides is 2. The Kier molecular flexibility index (Phi) is 5.79. The molecule has 2 heterocycles. The van der Waals surface area contributed by atoms with Crippen molar-refractivity contribution in [3.8, 4) is 0 Å². The van der Waals surface area contributed by atoms with Crippen LogP contribution in [0.5, 0.6) is 0 Å². The maximum atomic E-state index is 13.1. The molecule has 4 aromatic rings. The number of thiazole rings is 1. The molecule has 0 radical (unpaired) electrons. The molecule has 0 aliphatic carbocycles. The van der Waals surface area contributed by atoms with Crippen LogP contribution in [-0.2, 0) is 9.59 Å². The first-order valence-electron chi connectivity index (χ1n) is 10.4. The van der Waals surface area contributed by atoms with Crippen LogP contribution in [0.2, 0.25) is 5.02 Å². The highest BCUT2D eigenvalue weighted by atomic mass is 35.5. The summed E-state index contributed by atoms with van der Waals surface area (Å²) in [6.07, 6.45) is 1.75. The number of aromatic amines is 1. The molecule has 4 rings (SSSR count). The highest BCUT2D eigenvalue weighted by Crippen LogP contribution is 2.33. The molecule has 0 spiro atoms. The molecule has 0 aliphatic rings. The zero-order valence-electron chi connectivity index (χ0n) is 19.0. The van der Waals surface area contributed by atoms with E-state index in [-0.39, 0.29) is 11.8 Å². The topological polar surface area (TPSA) is 112 Å². The third-order valence-corrected chi connectivity index (χ3v) is 6.46. The Labute approximate surface area is 200 Å². The van der Waals surface area contributed by atoms with Gasteiger partial charge in [0.1, 0.15) is 5.54 Å². The minimum atomic E-state index is -0.970. The Hall–Kier alpha value is -3.17. The second-order valence-electron chi connectivity index (χ2n) is 9.37. The van der Waals surface area contributed by atoms with Crippen LogP contribution < -0.4 is 16.0 Å². The number of halogens is 1. The summed E-state index contributed by atoms with van der Waals surface area (Å²) in [7, 11) is 0. The summed E-state index contributed by atoms with van der Waals surface area (Å²) in [6.45, 7) is 9.01. The number of anilines is 3. The van der Waals surface area contributed by atoms with Crippen molar-refractivity contribution < 1.29 is 9.59 Å². The van der Waals surface area contributed by atoms with Crippen LogP contribution in [0.15, 0.2) is 36.5 Å². The zero-order chi connectivity index (χ0) is 24.0. The SMILES string of the molecule is CC(C)(C)C(=O)Nc1cc(NC(C)(C)C(=O)Nc2nc3ccc4[nH]ncc4c3s2)ccc1Cl. The molecule has 0 aliphatic heterocycles. The van der Waals surface area contributed by atoms with Crippen LogP contribution in [0, 0.1) is 5.41 Å². The first-order valence-corrected chi connectivity index (χ1v) is 11.6. The maximum Gasteiger partial charge on any atom is 0.251 e. The van der Waals surface area contributed by atoms with E-state index in [1.807, 2.05) is 32.9 Å². The van der Waals surface area contributed by atoms with Crippen LogP contribution in [0.3, 0.4) is 0 Å². The van der Waals surface area contributed by atoms with E-state index in [4.69, 9.17) is 11.6 Å². The third kappa shape index (κ3) is 4.79. The standard InChI is InChI=1S/C23H25ClN6O2S/c1-22(2,3)19(31)26-17-10-12(6-7-14(17)24)29-23(4,5)20(32)28-21-27-16-9-8-15-13(11-25-30-15)18(16)33-21/h6-11,29H,1-5H3,(H,25,30)(H,26,31)(H,27,28,32). The minimum Gasteiger partial charge on any atom is -0.372 e. The van der Waals surface area contributed by atoms with E-state index in [1.165, 1.54) is 11.3 Å². The number of nitrogens with one attached hydrogen (secondary N) is 4. The Morgan fingerprint density at radius 1 is 1.03 bits per heavy atom. The highest BCUT2D eigenvalue weighted by Gasteiger charge is 2.29. The van der Waals surface area contributed by atoms with Gasteiger partial charge in [-0.3, -0.25) is 20.0 Å². The van der Waals surface area contributed by atoms with Gasteiger partial charge in [-0.2, -0.15) is 5.10 Å². The fourth-order valence-corrected chi connectivity index (χ4v) is 4.27. The van der Waals surface area contributed by atoms with Gasteiger partial charge in [0, 0.05) is 16.5 Å². The molecule has 0 fully saturated rings. The normalized spacial score (nSPS) is 12.2. The molecule has 8 nitrogen and oxygen atoms in total. The number of hydrogen-bond acceptors (Lipinski definition) is 6. The molecule has 0 saturated carbocycles. The third-order valence-electron chi connectivity index (χ3n) is 5.12. The van der Waals surface area contributed by atoms with Crippen LogP contribution in [0.1, 0.15) is 34.6 Å². The second kappa shape index (κ2) is 8.31. The van der Waals surface area contributed by atoms with Gasteiger partial charge in [0.05, 0.1) is 32.6 Å². The molecule has 0 unspecified atom stereocenters. The molecule has 0 bridgehead atoms. The van der Waals surface area contributed by atoms with E-state index >= 15 is 0 Å². The summed E-state index contributed by atoms with van der Waals surface area (Å²) >= 11 is 7.67. The van der Waals surface area contributed by atoms with E-state index in [1.54, 1.807) is 38.2 Å². The van der Waals surface area contributed by atoms with Crippen molar-refractivity contribution in [1.82, 2.24) is 15.2 Å². The highest BCUT2D eigenvalue weighted by molar-refractivity contribution is 7.23. The largest absolute Gasteiger partial charge is 0.372 e. The zero-order valence-corrected chi connectivity index (χ0v) is 20.5. The average Bonchev–Trinajstić information content (AvgIpc) is 3.35. The lowest BCUT2D eigenvalue weighted by atomic mass is 9.95. The smallest absolute Gasteiger partial charge is 0.251 e. The van der Waals surface area contributed by atoms with Gasteiger partial charge < -0.3 is 10.6 Å². The van der Waals surface area contributed by atoms with Gasteiger partial charge in [0.15, 0.2) is 5.13 Å². The molecule has 172 valence electrons. The molecule has 2 amide bonds. The predicted octanol–water partition coefficient (Wildman–Crippen LogP) is 5.64. The molecule has 4 N–H and O–H groups in total. The van der Waals surface area contributed by atoms with Crippen molar-refractivity contribution in [2.24, 2.45) is 5.41 Å². The first-order chi connectivity index (χ1) is 15.4. The fraction of sp³-hybridized carbons (Fsp3) is 0.304. The lowest BCUT2D eigenvalue weighted by molar-refractivity contribution is -0.123. The fourth-order valence-electron chi connectivity index (χ4n) is 3.14. The Morgan fingerprint density at radius 3 is 2.52 bits per heavy atom. The van der Waals surface area contributed by atoms with Gasteiger partial charge in [0.25, 0.3) is 5.91 Å². The van der Waals surface area contributed by atoms with Crippen molar-refractivity contribution in [3.05, 3.63) is 41.6 Å². The predicted molar refractivity (Wildman–Crippen MR) is 135 cm³/mol. The van der Waals surface area contributed by atoms with Crippen molar-refractivity contribution in [2.75, 3.05) is 16.0 Å². The van der Waals surface area contributed by atoms with E-state index in [0.29, 0.717) is 21.5 Å². The van der Waals surface area contributed by atoms with E-state index in [0.717, 1.165) is 21.1 Å². The summed E-state index contributed by atoms with van der Waals surface area (Å²) in [5, 5.41) is 17.9. The number of carbonyl (C=O) groups is 2. The van der Waals surface area contributed by atoms with Gasteiger partial charge in [-0.15, -0.1) is 0 Å². The summed E-state index contributed by atoms with van der Waals surface area (Å²) in [5.41, 5.74) is 1.31. The van der Waals surface area contributed by atoms with Crippen LogP contribution in [-0.4, -0.2) is 32.5 Å². The van der Waals surface area contributed by atoms with Crippen LogP contribution in [0.4, 0.5) is 16.5 Å². The lowest BCUT2D eigenvalue weighted by Crippen LogP contribution is -2.44. The second-order valence-corrected chi connectivity index (χ2v) is 10.8. The quantitative estimate of drug-likeness (QED) is 0.293. The number of carbonyl (C=O) groups excluding carboxylic acids is 2. The Morgan fingerprint density at radius 2 is 1.79 bits per heavy atom. The van der Waals surface area contributed by atoms with Crippen molar-refractivity contribution >= 4 is 72.4 Å². The van der Waals surface area contributed by atoms with Crippen LogP contribution >= 0.6 is 22.9 Å². The number of benzene rings is 2. The van der Waals surface area contributed by atoms with Gasteiger partial charge in [-0.25, -0.2) is 4.98 Å². The van der Waals surface area contributed by atoms with Crippen molar-refractivity contribution in [3.63, 3.8) is 0 Å². The average molecular weight is 485 g/mol. The molecule has 2 aromatic carbocycles. The molecule has 0 atom stereocenters. The van der Waals surface area contributed by atoms with Gasteiger partial charge >= 0.3 is 0 Å². The minimum absolute atomic E-state index is 0.152. The Bertz CT molecular complexity index is 1370. The lowest BCUT2D eigenvalue weighted by Gasteiger charge is -2.26. The van der Waals surface area contributed by atoms with E-state index in [9.17, 15) is 9.59 Å². The number of nitrogens with zero attached hydrogens (tertiary/aromatic N) is 2. The number of rotatable bonds is 5. The number of aromatic nitrogens is 3. The summed E-state index contributed by atoms with van der Waals surface area (Å²) in [6, 6.07) is 8.97. The van der Waals surface area contributed by atoms with E-state index in [2.05, 4.69) is 31.1 Å². The molecule has 33 heavy (non-hydrogen) atoms. The molecule has 2 aromatic heterocycles. The van der Waals surface area contributed by atoms with Gasteiger partial charge in [0.2, 0.25) is 5.91 Å². The number of hydrogen-bond donors (Lipinski definition) is 4. The van der Waals surface area contributed by atoms with Crippen molar-refractivity contribution in [1.29, 1.82) is 0 Å². The molecular formula is C23H25ClN6O2S. The molecular weight excluding hydrogens is 460 g/mol. The Balaban J connectivity index is 1.51. The first kappa shape index (κ1) is 23.0. The molecule has 0 saturated heterocycles. The van der Waals surface area contributed by atoms with Crippen LogP contribution in [0.25, 0.3) is 21.1 Å². The molecule has 10 heteroatoms. The van der Waals surface area contributed by atoms with E-state index < -0.39 is 11.0 Å². The maximum absolute atomic E-state index is 13.1. The summed E-state index contributed by atoms with van der Waals surface area (Å²) in [4.78, 5) is 30.0. The monoisotopic (exact) mass is 484 g/mol. The van der Waals surface area contributed by atoms with Crippen molar-refractivity contribution in [2.45, 2.75) is 40.2 Å². The summed E-state index contributed by atoms with van der Waals surface area (Å²) in [5.74, 6) is -0.402. The number of H-pyrrole nitrogens is 1.